The Morgan fingerprint density at radius 2 is 2.06 bits per heavy atom. The van der Waals surface area contributed by atoms with Crippen LogP contribution in [0.2, 0.25) is 0 Å². The van der Waals surface area contributed by atoms with Gasteiger partial charge in [0.2, 0.25) is 24.5 Å². The van der Waals surface area contributed by atoms with Crippen LogP contribution in [0, 0.1) is 11.8 Å². The van der Waals surface area contributed by atoms with Gasteiger partial charge in [0, 0.05) is 31.3 Å². The lowest BCUT2D eigenvalue weighted by Gasteiger charge is -2.31. The van der Waals surface area contributed by atoms with Crippen molar-refractivity contribution in [2.45, 2.75) is 51.6 Å². The molecule has 4 atom stereocenters. The minimum atomic E-state index is -0.672. The van der Waals surface area contributed by atoms with Crippen LogP contribution in [0.5, 0.6) is 11.5 Å². The van der Waals surface area contributed by atoms with Gasteiger partial charge in [0.05, 0.1) is 18.6 Å². The fourth-order valence-corrected chi connectivity index (χ4v) is 4.63. The molecule has 3 aliphatic rings. The van der Waals surface area contributed by atoms with Gasteiger partial charge in [-0.2, -0.15) is 0 Å². The number of carbonyl (C=O) groups is 3. The van der Waals surface area contributed by atoms with Crippen molar-refractivity contribution in [1.82, 2.24) is 10.2 Å². The van der Waals surface area contributed by atoms with E-state index in [1.807, 2.05) is 13.8 Å². The first kappa shape index (κ1) is 22.4. The number of benzene rings is 1. The molecule has 3 heterocycles. The summed E-state index contributed by atoms with van der Waals surface area (Å²) >= 11 is 0. The van der Waals surface area contributed by atoms with E-state index in [1.54, 1.807) is 28.0 Å². The number of ether oxygens (including phenoxy) is 2. The highest BCUT2D eigenvalue weighted by atomic mass is 16.7. The maximum Gasteiger partial charge on any atom is 0.245 e. The molecule has 1 aromatic carbocycles. The molecule has 0 bridgehead atoms. The van der Waals surface area contributed by atoms with Crippen molar-refractivity contribution in [2.24, 2.45) is 11.8 Å². The van der Waals surface area contributed by atoms with Gasteiger partial charge in [-0.15, -0.1) is 0 Å². The summed E-state index contributed by atoms with van der Waals surface area (Å²) in [7, 11) is 0. The second-order valence-electron chi connectivity index (χ2n) is 8.83. The molecule has 0 aliphatic carbocycles. The lowest BCUT2D eigenvalue weighted by Crippen LogP contribution is -2.54. The number of fused-ring (bicyclic) bond motifs is 1. The van der Waals surface area contributed by atoms with E-state index < -0.39 is 12.0 Å². The van der Waals surface area contributed by atoms with Crippen molar-refractivity contribution in [3.05, 3.63) is 18.2 Å². The average Bonchev–Trinajstić information content (AvgIpc) is 3.54. The zero-order chi connectivity index (χ0) is 22.8. The first-order chi connectivity index (χ1) is 15.4. The molecule has 32 heavy (non-hydrogen) atoms. The molecule has 2 N–H and O–H groups in total. The maximum atomic E-state index is 13.2. The number of aliphatic hydroxyl groups excluding tert-OH is 1. The number of amides is 3. The van der Waals surface area contributed by atoms with Crippen molar-refractivity contribution in [3.63, 3.8) is 0 Å². The van der Waals surface area contributed by atoms with E-state index in [0.717, 1.165) is 19.3 Å². The third kappa shape index (κ3) is 4.26. The Morgan fingerprint density at radius 3 is 2.81 bits per heavy atom. The van der Waals surface area contributed by atoms with Gasteiger partial charge in [0.15, 0.2) is 11.5 Å². The molecule has 9 heteroatoms. The highest BCUT2D eigenvalue weighted by molar-refractivity contribution is 6.01. The summed E-state index contributed by atoms with van der Waals surface area (Å²) in [4.78, 5) is 42.3. The van der Waals surface area contributed by atoms with E-state index >= 15 is 0 Å². The van der Waals surface area contributed by atoms with Gasteiger partial charge in [0.1, 0.15) is 6.04 Å². The summed E-state index contributed by atoms with van der Waals surface area (Å²) < 4.78 is 10.7. The van der Waals surface area contributed by atoms with Crippen LogP contribution in [0.25, 0.3) is 0 Å². The Bertz CT molecular complexity index is 890. The van der Waals surface area contributed by atoms with E-state index in [1.165, 1.54) is 0 Å². The largest absolute Gasteiger partial charge is 0.454 e. The van der Waals surface area contributed by atoms with Gasteiger partial charge < -0.3 is 29.7 Å². The number of hydrogen-bond acceptors (Lipinski definition) is 6. The smallest absolute Gasteiger partial charge is 0.245 e. The summed E-state index contributed by atoms with van der Waals surface area (Å²) in [5, 5.41) is 12.5. The molecule has 0 spiro atoms. The zero-order valence-electron chi connectivity index (χ0n) is 18.6. The SMILES string of the molecule is CCC(C)C(NC(=O)C1CC(=O)N(c2ccc3c(c2)OCO3)C1)C(=O)N1CCCC1CO. The fourth-order valence-electron chi connectivity index (χ4n) is 4.63. The highest BCUT2D eigenvalue weighted by Crippen LogP contribution is 2.37. The molecular formula is C23H31N3O6. The third-order valence-electron chi connectivity index (χ3n) is 6.81. The molecule has 4 unspecified atom stereocenters. The highest BCUT2D eigenvalue weighted by Gasteiger charge is 2.40. The van der Waals surface area contributed by atoms with Crippen molar-refractivity contribution < 1.29 is 29.0 Å². The second-order valence-corrected chi connectivity index (χ2v) is 8.83. The average molecular weight is 446 g/mol. The van der Waals surface area contributed by atoms with E-state index in [4.69, 9.17) is 9.47 Å². The number of nitrogens with zero attached hydrogens (tertiary/aromatic N) is 2. The van der Waals surface area contributed by atoms with Crippen LogP contribution < -0.4 is 19.7 Å². The Morgan fingerprint density at radius 1 is 1.28 bits per heavy atom. The number of carbonyl (C=O) groups excluding carboxylic acids is 3. The molecule has 1 aromatic rings. The Labute approximate surface area is 187 Å². The quantitative estimate of drug-likeness (QED) is 0.655. The molecule has 2 saturated heterocycles. The van der Waals surface area contributed by atoms with E-state index in [0.29, 0.717) is 23.7 Å². The standard InChI is InChI=1S/C23H31N3O6/c1-3-14(2)21(23(30)25-8-4-5-17(25)12-27)24-22(29)15-9-20(28)26(11-15)16-6-7-18-19(10-16)32-13-31-18/h6-7,10,14-15,17,21,27H,3-5,8-9,11-13H2,1-2H3,(H,24,29). The minimum Gasteiger partial charge on any atom is -0.454 e. The van der Waals surface area contributed by atoms with Crippen LogP contribution in [0.1, 0.15) is 39.5 Å². The van der Waals surface area contributed by atoms with E-state index in [9.17, 15) is 19.5 Å². The van der Waals surface area contributed by atoms with Gasteiger partial charge in [0.25, 0.3) is 0 Å². The lowest BCUT2D eigenvalue weighted by molar-refractivity contribution is -0.140. The van der Waals surface area contributed by atoms with E-state index in [-0.39, 0.29) is 56.0 Å². The fraction of sp³-hybridized carbons (Fsp3) is 0.609. The molecule has 3 aliphatic heterocycles. The molecule has 0 saturated carbocycles. The van der Waals surface area contributed by atoms with Gasteiger partial charge in [-0.25, -0.2) is 0 Å². The number of likely N-dealkylation sites (tertiary alicyclic amines) is 1. The van der Waals surface area contributed by atoms with Gasteiger partial charge in [-0.05, 0) is 30.9 Å². The molecule has 0 aromatic heterocycles. The normalized spacial score (nSPS) is 24.0. The molecule has 3 amide bonds. The van der Waals surface area contributed by atoms with E-state index in [2.05, 4.69) is 5.32 Å². The van der Waals surface area contributed by atoms with Crippen molar-refractivity contribution in [1.29, 1.82) is 0 Å². The molecule has 9 nitrogen and oxygen atoms in total. The monoisotopic (exact) mass is 445 g/mol. The molecule has 0 radical (unpaired) electrons. The Balaban J connectivity index is 1.44. The third-order valence-corrected chi connectivity index (χ3v) is 6.81. The van der Waals surface area contributed by atoms with Gasteiger partial charge in [-0.3, -0.25) is 14.4 Å². The number of aliphatic hydroxyl groups is 1. The molecule has 174 valence electrons. The van der Waals surface area contributed by atoms with Crippen LogP contribution >= 0.6 is 0 Å². The first-order valence-electron chi connectivity index (χ1n) is 11.3. The summed E-state index contributed by atoms with van der Waals surface area (Å²) in [6.45, 7) is 4.82. The summed E-state index contributed by atoms with van der Waals surface area (Å²) in [6, 6.07) is 4.41. The van der Waals surface area contributed by atoms with Crippen LogP contribution in [0.4, 0.5) is 5.69 Å². The minimum absolute atomic E-state index is 0.0616. The molecular weight excluding hydrogens is 414 g/mol. The first-order valence-corrected chi connectivity index (χ1v) is 11.3. The molecule has 4 rings (SSSR count). The topological polar surface area (TPSA) is 108 Å². The summed E-state index contributed by atoms with van der Waals surface area (Å²) in [5.41, 5.74) is 0.659. The van der Waals surface area contributed by atoms with Crippen molar-refractivity contribution >= 4 is 23.4 Å². The second kappa shape index (κ2) is 9.36. The number of anilines is 1. The number of rotatable bonds is 7. The van der Waals surface area contributed by atoms with Crippen LogP contribution in [-0.4, -0.2) is 66.3 Å². The molecule has 2 fully saturated rings. The zero-order valence-corrected chi connectivity index (χ0v) is 18.6. The van der Waals surface area contributed by atoms with Crippen LogP contribution in [0.3, 0.4) is 0 Å². The van der Waals surface area contributed by atoms with Crippen molar-refractivity contribution in [2.75, 3.05) is 31.4 Å². The Kier molecular flexibility index (Phi) is 6.55. The van der Waals surface area contributed by atoms with Crippen LogP contribution in [-0.2, 0) is 14.4 Å². The van der Waals surface area contributed by atoms with Gasteiger partial charge >= 0.3 is 0 Å². The van der Waals surface area contributed by atoms with Gasteiger partial charge in [-0.1, -0.05) is 20.3 Å². The van der Waals surface area contributed by atoms with Crippen LogP contribution in [0.15, 0.2) is 18.2 Å². The lowest BCUT2D eigenvalue weighted by atomic mass is 9.96. The predicted octanol–water partition coefficient (Wildman–Crippen LogP) is 1.28. The van der Waals surface area contributed by atoms with Crippen molar-refractivity contribution in [3.8, 4) is 11.5 Å². The summed E-state index contributed by atoms with van der Waals surface area (Å²) in [5.74, 6) is 0.0202. The predicted molar refractivity (Wildman–Crippen MR) is 116 cm³/mol. The number of hydrogen-bond donors (Lipinski definition) is 2. The maximum absolute atomic E-state index is 13.2. The number of nitrogens with one attached hydrogen (secondary N) is 1. The summed E-state index contributed by atoms with van der Waals surface area (Å²) in [6.07, 6.45) is 2.43. The Hall–Kier alpha value is -2.81.